The van der Waals surface area contributed by atoms with Gasteiger partial charge in [-0.1, -0.05) is 30.3 Å². The first-order chi connectivity index (χ1) is 8.54. The summed E-state index contributed by atoms with van der Waals surface area (Å²) in [7, 11) is 0. The first kappa shape index (κ1) is 12.8. The Hall–Kier alpha value is -1.68. The maximum absolute atomic E-state index is 12.1. The normalized spacial score (nSPS) is 24.1. The topological polar surface area (TPSA) is 57.6 Å². The van der Waals surface area contributed by atoms with Gasteiger partial charge >= 0.3 is 0 Å². The van der Waals surface area contributed by atoms with Crippen LogP contribution < -0.4 is 0 Å². The standard InChI is InChI=1S/C14H17NO3/c1-11(16)14(18)8-5-9-15(13(14)17)10-12-6-3-2-4-7-12/h2-4,6-7,18H,5,8-10H2,1H3. The third-order valence-electron chi connectivity index (χ3n) is 3.41. The molecule has 0 radical (unpaired) electrons. The van der Waals surface area contributed by atoms with Crippen LogP contribution in [0, 0.1) is 0 Å². The number of benzene rings is 1. The van der Waals surface area contributed by atoms with Crippen molar-refractivity contribution in [3.8, 4) is 0 Å². The molecule has 1 heterocycles. The van der Waals surface area contributed by atoms with Crippen LogP contribution in [0.2, 0.25) is 0 Å². The van der Waals surface area contributed by atoms with E-state index in [1.54, 1.807) is 4.90 Å². The molecule has 1 amide bonds. The van der Waals surface area contributed by atoms with Crippen molar-refractivity contribution in [3.05, 3.63) is 35.9 Å². The number of nitrogens with zero attached hydrogens (tertiary/aromatic N) is 1. The second kappa shape index (κ2) is 4.90. The molecular formula is C14H17NO3. The smallest absolute Gasteiger partial charge is 0.262 e. The molecule has 1 N–H and O–H groups in total. The molecule has 1 atom stereocenters. The summed E-state index contributed by atoms with van der Waals surface area (Å²) in [6.45, 7) is 2.29. The fourth-order valence-electron chi connectivity index (χ4n) is 2.28. The molecule has 0 spiro atoms. The van der Waals surface area contributed by atoms with Crippen LogP contribution in [0.3, 0.4) is 0 Å². The first-order valence-corrected chi connectivity index (χ1v) is 6.11. The lowest BCUT2D eigenvalue weighted by molar-refractivity contribution is -0.164. The van der Waals surface area contributed by atoms with E-state index in [4.69, 9.17) is 0 Å². The van der Waals surface area contributed by atoms with Gasteiger partial charge in [-0.05, 0) is 25.3 Å². The number of piperidine rings is 1. The summed E-state index contributed by atoms with van der Waals surface area (Å²) in [5.41, 5.74) is -0.814. The summed E-state index contributed by atoms with van der Waals surface area (Å²) in [6.07, 6.45) is 0.876. The van der Waals surface area contributed by atoms with Crippen molar-refractivity contribution in [1.29, 1.82) is 0 Å². The molecule has 1 saturated heterocycles. The van der Waals surface area contributed by atoms with Gasteiger partial charge in [0.25, 0.3) is 5.91 Å². The lowest BCUT2D eigenvalue weighted by Crippen LogP contribution is -2.56. The highest BCUT2D eigenvalue weighted by atomic mass is 16.3. The highest BCUT2D eigenvalue weighted by Gasteiger charge is 2.45. The molecule has 1 aliphatic heterocycles. The predicted octanol–water partition coefficient (Wildman–Crippen LogP) is 1.13. The lowest BCUT2D eigenvalue weighted by atomic mass is 9.88. The monoisotopic (exact) mass is 247 g/mol. The number of likely N-dealkylation sites (tertiary alicyclic amines) is 1. The van der Waals surface area contributed by atoms with Crippen LogP contribution >= 0.6 is 0 Å². The number of rotatable bonds is 3. The van der Waals surface area contributed by atoms with Crippen LogP contribution in [0.5, 0.6) is 0 Å². The number of carbonyl (C=O) groups is 2. The Morgan fingerprint density at radius 2 is 2.06 bits per heavy atom. The van der Waals surface area contributed by atoms with Crippen molar-refractivity contribution >= 4 is 11.7 Å². The largest absolute Gasteiger partial charge is 0.373 e. The third-order valence-corrected chi connectivity index (χ3v) is 3.41. The molecule has 96 valence electrons. The van der Waals surface area contributed by atoms with Gasteiger partial charge in [-0.3, -0.25) is 9.59 Å². The summed E-state index contributed by atoms with van der Waals surface area (Å²) in [5.74, 6) is -0.935. The molecule has 0 bridgehead atoms. The van der Waals surface area contributed by atoms with E-state index in [1.807, 2.05) is 30.3 Å². The summed E-state index contributed by atoms with van der Waals surface area (Å²) < 4.78 is 0. The van der Waals surface area contributed by atoms with Crippen molar-refractivity contribution in [2.24, 2.45) is 0 Å². The predicted molar refractivity (Wildman–Crippen MR) is 66.7 cm³/mol. The van der Waals surface area contributed by atoms with E-state index in [2.05, 4.69) is 0 Å². The molecule has 1 aliphatic rings. The zero-order valence-electron chi connectivity index (χ0n) is 10.4. The van der Waals surface area contributed by atoms with Gasteiger partial charge in [-0.25, -0.2) is 0 Å². The Bertz CT molecular complexity index is 457. The molecule has 1 unspecified atom stereocenters. The number of Topliss-reactive ketones (excluding diaryl/α,β-unsaturated/α-hetero) is 1. The fraction of sp³-hybridized carbons (Fsp3) is 0.429. The third kappa shape index (κ3) is 2.29. The first-order valence-electron chi connectivity index (χ1n) is 6.11. The van der Waals surface area contributed by atoms with Crippen LogP contribution in [0.4, 0.5) is 0 Å². The van der Waals surface area contributed by atoms with Crippen molar-refractivity contribution in [1.82, 2.24) is 4.90 Å². The maximum atomic E-state index is 12.1. The molecule has 0 saturated carbocycles. The zero-order valence-corrected chi connectivity index (χ0v) is 10.4. The lowest BCUT2D eigenvalue weighted by Gasteiger charge is -2.36. The zero-order chi connectivity index (χ0) is 13.2. The van der Waals surface area contributed by atoms with Crippen LogP contribution in [-0.2, 0) is 16.1 Å². The quantitative estimate of drug-likeness (QED) is 0.815. The molecule has 0 aromatic heterocycles. The number of ketones is 1. The van der Waals surface area contributed by atoms with Crippen LogP contribution in [0.25, 0.3) is 0 Å². The molecule has 18 heavy (non-hydrogen) atoms. The number of hydrogen-bond acceptors (Lipinski definition) is 3. The molecular weight excluding hydrogens is 230 g/mol. The van der Waals surface area contributed by atoms with E-state index in [1.165, 1.54) is 6.92 Å². The number of amides is 1. The Labute approximate surface area is 106 Å². The highest BCUT2D eigenvalue weighted by molar-refractivity contribution is 6.08. The average Bonchev–Trinajstić information content (AvgIpc) is 2.36. The molecule has 1 fully saturated rings. The SMILES string of the molecule is CC(=O)C1(O)CCCN(Cc2ccccc2)C1=O. The maximum Gasteiger partial charge on any atom is 0.262 e. The van der Waals surface area contributed by atoms with E-state index in [9.17, 15) is 14.7 Å². The van der Waals surface area contributed by atoms with Crippen molar-refractivity contribution < 1.29 is 14.7 Å². The summed E-state index contributed by atoms with van der Waals surface area (Å²) in [4.78, 5) is 25.1. The summed E-state index contributed by atoms with van der Waals surface area (Å²) in [5, 5.41) is 10.1. The van der Waals surface area contributed by atoms with E-state index in [0.29, 0.717) is 19.5 Å². The molecule has 4 heteroatoms. The van der Waals surface area contributed by atoms with Crippen LogP contribution in [-0.4, -0.2) is 33.8 Å². The van der Waals surface area contributed by atoms with Crippen molar-refractivity contribution in [3.63, 3.8) is 0 Å². The highest BCUT2D eigenvalue weighted by Crippen LogP contribution is 2.24. The Balaban J connectivity index is 2.15. The minimum Gasteiger partial charge on any atom is -0.373 e. The second-order valence-corrected chi connectivity index (χ2v) is 4.73. The average molecular weight is 247 g/mol. The molecule has 0 aliphatic carbocycles. The van der Waals surface area contributed by atoms with Gasteiger partial charge < -0.3 is 10.0 Å². The number of hydrogen-bond donors (Lipinski definition) is 1. The summed E-state index contributed by atoms with van der Waals surface area (Å²) in [6, 6.07) is 9.57. The molecule has 4 nitrogen and oxygen atoms in total. The van der Waals surface area contributed by atoms with Crippen LogP contribution in [0.1, 0.15) is 25.3 Å². The summed E-state index contributed by atoms with van der Waals surface area (Å²) >= 11 is 0. The Morgan fingerprint density at radius 3 is 2.67 bits per heavy atom. The fourth-order valence-corrected chi connectivity index (χ4v) is 2.28. The van der Waals surface area contributed by atoms with Crippen molar-refractivity contribution in [2.75, 3.05) is 6.54 Å². The second-order valence-electron chi connectivity index (χ2n) is 4.73. The Kier molecular flexibility index (Phi) is 3.48. The minimum atomic E-state index is -1.81. The molecule has 1 aromatic rings. The van der Waals surface area contributed by atoms with Gasteiger partial charge in [-0.2, -0.15) is 0 Å². The molecule has 1 aromatic carbocycles. The van der Waals surface area contributed by atoms with Gasteiger partial charge in [-0.15, -0.1) is 0 Å². The van der Waals surface area contributed by atoms with E-state index in [-0.39, 0.29) is 6.42 Å². The number of carbonyl (C=O) groups excluding carboxylic acids is 2. The van der Waals surface area contributed by atoms with Gasteiger partial charge in [0.15, 0.2) is 5.78 Å². The van der Waals surface area contributed by atoms with Gasteiger partial charge in [0, 0.05) is 13.1 Å². The van der Waals surface area contributed by atoms with Gasteiger partial charge in [0.1, 0.15) is 0 Å². The van der Waals surface area contributed by atoms with Crippen molar-refractivity contribution in [2.45, 2.75) is 31.9 Å². The van der Waals surface area contributed by atoms with E-state index in [0.717, 1.165) is 5.56 Å². The van der Waals surface area contributed by atoms with Gasteiger partial charge in [0.05, 0.1) is 0 Å². The Morgan fingerprint density at radius 1 is 1.39 bits per heavy atom. The van der Waals surface area contributed by atoms with Gasteiger partial charge in [0.2, 0.25) is 5.60 Å². The minimum absolute atomic E-state index is 0.229. The van der Waals surface area contributed by atoms with Crippen LogP contribution in [0.15, 0.2) is 30.3 Å². The molecule has 2 rings (SSSR count). The van der Waals surface area contributed by atoms with E-state index >= 15 is 0 Å². The van der Waals surface area contributed by atoms with E-state index < -0.39 is 17.3 Å². The number of aliphatic hydroxyl groups is 1.